The first-order chi connectivity index (χ1) is 5.14. The monoisotopic (exact) mass is 171 g/mol. The van der Waals surface area contributed by atoms with Crippen LogP contribution < -0.4 is 0 Å². The van der Waals surface area contributed by atoms with E-state index in [4.69, 9.17) is 0 Å². The Morgan fingerprint density at radius 3 is 2.73 bits per heavy atom. The Labute approximate surface area is 63.9 Å². The molecule has 0 amide bonds. The van der Waals surface area contributed by atoms with E-state index in [1.54, 1.807) is 0 Å². The summed E-state index contributed by atoms with van der Waals surface area (Å²) in [7, 11) is -3.16. The summed E-state index contributed by atoms with van der Waals surface area (Å²) in [4.78, 5) is 12.9. The summed E-state index contributed by atoms with van der Waals surface area (Å²) >= 11 is 0. The Hall–Kier alpha value is -1.19. The van der Waals surface area contributed by atoms with Crippen LogP contribution in [0.4, 0.5) is 0 Å². The predicted molar refractivity (Wildman–Crippen MR) is 39.1 cm³/mol. The molecule has 0 spiro atoms. The average molecular weight is 171 g/mol. The molecule has 0 aromatic rings. The summed E-state index contributed by atoms with van der Waals surface area (Å²) in [6.07, 6.45) is 2.74. The van der Waals surface area contributed by atoms with Crippen LogP contribution in [-0.2, 0) is 14.6 Å². The Morgan fingerprint density at radius 2 is 2.27 bits per heavy atom. The zero-order valence-electron chi connectivity index (χ0n) is 5.52. The molecule has 1 heterocycles. The number of hydrogen-bond donors (Lipinski definition) is 0. The summed E-state index contributed by atoms with van der Waals surface area (Å²) in [5, 5.41) is 2.15. The summed E-state index contributed by atoms with van der Waals surface area (Å²) < 4.78 is 21.4. The third-order valence-corrected chi connectivity index (χ3v) is 2.26. The Bertz CT molecular complexity index is 357. The van der Waals surface area contributed by atoms with Gasteiger partial charge in [0.2, 0.25) is 6.08 Å². The average Bonchev–Trinajstić information content (AvgIpc) is 2.26. The minimum Gasteiger partial charge on any atom is -0.220 e. The number of sulfone groups is 1. The van der Waals surface area contributed by atoms with E-state index in [1.165, 1.54) is 12.2 Å². The number of aliphatic imine (C=N–C) groups is 1. The van der Waals surface area contributed by atoms with Gasteiger partial charge in [0.15, 0.2) is 9.84 Å². The van der Waals surface area contributed by atoms with Gasteiger partial charge >= 0.3 is 0 Å². The van der Waals surface area contributed by atoms with Gasteiger partial charge in [0.1, 0.15) is 0 Å². The van der Waals surface area contributed by atoms with E-state index in [1.807, 2.05) is 0 Å². The maximum absolute atomic E-state index is 10.7. The van der Waals surface area contributed by atoms with Crippen LogP contribution in [0.3, 0.4) is 0 Å². The lowest BCUT2D eigenvalue weighted by molar-refractivity contribution is 0.563. The molecule has 0 radical (unpaired) electrons. The summed E-state index contributed by atoms with van der Waals surface area (Å²) in [6.45, 7) is 0.0826. The van der Waals surface area contributed by atoms with E-state index in [2.05, 4.69) is 4.99 Å². The zero-order chi connectivity index (χ0) is 8.32. The normalized spacial score (nSPS) is 19.1. The summed E-state index contributed by atoms with van der Waals surface area (Å²) in [5.74, 6) is 0. The molecule has 58 valence electrons. The van der Waals surface area contributed by atoms with Crippen LogP contribution in [0.2, 0.25) is 0 Å². The van der Waals surface area contributed by atoms with Crippen molar-refractivity contribution < 1.29 is 13.2 Å². The first kappa shape index (κ1) is 7.91. The second kappa shape index (κ2) is 2.82. The highest BCUT2D eigenvalue weighted by Gasteiger charge is 2.09. The fraction of sp³-hybridized carbons (Fsp3) is 0.167. The SMILES string of the molecule is O=C=NCC1=CS(=O)(=O)C=C1. The molecular formula is C6H5NO3S. The molecule has 11 heavy (non-hydrogen) atoms. The van der Waals surface area contributed by atoms with Crippen molar-refractivity contribution in [2.24, 2.45) is 4.99 Å². The third kappa shape index (κ3) is 2.14. The van der Waals surface area contributed by atoms with E-state index in [9.17, 15) is 13.2 Å². The van der Waals surface area contributed by atoms with E-state index < -0.39 is 9.84 Å². The zero-order valence-corrected chi connectivity index (χ0v) is 6.34. The van der Waals surface area contributed by atoms with Crippen molar-refractivity contribution in [2.45, 2.75) is 0 Å². The lowest BCUT2D eigenvalue weighted by Crippen LogP contribution is -1.84. The minimum absolute atomic E-state index is 0.0826. The van der Waals surface area contributed by atoms with Crippen LogP contribution >= 0.6 is 0 Å². The topological polar surface area (TPSA) is 63.6 Å². The van der Waals surface area contributed by atoms with Crippen molar-refractivity contribution in [3.05, 3.63) is 22.5 Å². The van der Waals surface area contributed by atoms with Crippen molar-refractivity contribution in [3.63, 3.8) is 0 Å². The first-order valence-electron chi connectivity index (χ1n) is 2.81. The molecule has 1 aliphatic rings. The van der Waals surface area contributed by atoms with Gasteiger partial charge in [-0.1, -0.05) is 0 Å². The van der Waals surface area contributed by atoms with Crippen molar-refractivity contribution in [3.8, 4) is 0 Å². The molecule has 0 N–H and O–H groups in total. The Morgan fingerprint density at radius 1 is 1.55 bits per heavy atom. The Kier molecular flexibility index (Phi) is 2.03. The number of rotatable bonds is 2. The molecule has 0 fully saturated rings. The van der Waals surface area contributed by atoms with Gasteiger partial charge < -0.3 is 0 Å². The number of nitrogens with zero attached hydrogens (tertiary/aromatic N) is 1. The molecule has 0 aromatic carbocycles. The number of isocyanates is 1. The number of carbonyl (C=O) groups excluding carboxylic acids is 1. The van der Waals surface area contributed by atoms with E-state index in [-0.39, 0.29) is 6.54 Å². The maximum atomic E-state index is 10.7. The van der Waals surface area contributed by atoms with Crippen molar-refractivity contribution >= 4 is 15.9 Å². The fourth-order valence-corrected chi connectivity index (χ4v) is 1.70. The van der Waals surface area contributed by atoms with E-state index in [0.717, 1.165) is 10.8 Å². The lowest BCUT2D eigenvalue weighted by atomic mass is 10.3. The molecule has 0 aliphatic carbocycles. The highest BCUT2D eigenvalue weighted by Crippen LogP contribution is 2.12. The minimum atomic E-state index is -3.16. The number of hydrogen-bond acceptors (Lipinski definition) is 4. The molecule has 5 heteroatoms. The molecule has 0 bridgehead atoms. The van der Waals surface area contributed by atoms with Gasteiger partial charge in [-0.25, -0.2) is 18.2 Å². The third-order valence-electron chi connectivity index (χ3n) is 1.11. The first-order valence-corrected chi connectivity index (χ1v) is 4.42. The molecule has 0 aromatic heterocycles. The predicted octanol–water partition coefficient (Wildman–Crippen LogP) is 0.148. The van der Waals surface area contributed by atoms with Crippen molar-refractivity contribution in [1.82, 2.24) is 0 Å². The molecule has 0 atom stereocenters. The van der Waals surface area contributed by atoms with Crippen LogP contribution in [0.25, 0.3) is 0 Å². The largest absolute Gasteiger partial charge is 0.235 e. The second-order valence-electron chi connectivity index (χ2n) is 1.99. The highest BCUT2D eigenvalue weighted by molar-refractivity contribution is 7.97. The van der Waals surface area contributed by atoms with Gasteiger partial charge in [-0.05, 0) is 11.6 Å². The van der Waals surface area contributed by atoms with Crippen molar-refractivity contribution in [2.75, 3.05) is 6.54 Å². The maximum Gasteiger partial charge on any atom is 0.235 e. The fourth-order valence-electron chi connectivity index (χ4n) is 0.685. The van der Waals surface area contributed by atoms with E-state index >= 15 is 0 Å². The van der Waals surface area contributed by atoms with Crippen LogP contribution in [-0.4, -0.2) is 21.0 Å². The summed E-state index contributed by atoms with van der Waals surface area (Å²) in [6, 6.07) is 0. The molecule has 4 nitrogen and oxygen atoms in total. The molecule has 1 rings (SSSR count). The van der Waals surface area contributed by atoms with Crippen LogP contribution in [0.15, 0.2) is 27.5 Å². The second-order valence-corrected chi connectivity index (χ2v) is 3.68. The molecule has 1 aliphatic heterocycles. The van der Waals surface area contributed by atoms with Crippen LogP contribution in [0, 0.1) is 0 Å². The molecule has 0 saturated heterocycles. The van der Waals surface area contributed by atoms with Gasteiger partial charge in [-0.2, -0.15) is 0 Å². The van der Waals surface area contributed by atoms with Gasteiger partial charge in [0.05, 0.1) is 6.54 Å². The molecule has 0 saturated carbocycles. The summed E-state index contributed by atoms with van der Waals surface area (Å²) in [5.41, 5.74) is 0.508. The van der Waals surface area contributed by atoms with Crippen LogP contribution in [0.1, 0.15) is 0 Å². The molecular weight excluding hydrogens is 166 g/mol. The van der Waals surface area contributed by atoms with E-state index in [0.29, 0.717) is 5.57 Å². The van der Waals surface area contributed by atoms with Crippen molar-refractivity contribution in [1.29, 1.82) is 0 Å². The van der Waals surface area contributed by atoms with Gasteiger partial charge in [-0.15, -0.1) is 0 Å². The smallest absolute Gasteiger partial charge is 0.220 e. The standard InChI is InChI=1S/C6H5NO3S/c8-5-7-3-6-1-2-11(9,10)4-6/h1-2,4H,3H2. The highest BCUT2D eigenvalue weighted by atomic mass is 32.2. The quantitative estimate of drug-likeness (QED) is 0.438. The van der Waals surface area contributed by atoms with Gasteiger partial charge in [-0.3, -0.25) is 0 Å². The molecule has 0 unspecified atom stereocenters. The van der Waals surface area contributed by atoms with Gasteiger partial charge in [0, 0.05) is 10.8 Å². The Balaban J connectivity index is 2.81. The lowest BCUT2D eigenvalue weighted by Gasteiger charge is -1.84. The van der Waals surface area contributed by atoms with Gasteiger partial charge in [0.25, 0.3) is 0 Å². The van der Waals surface area contributed by atoms with Crippen LogP contribution in [0.5, 0.6) is 0 Å².